The summed E-state index contributed by atoms with van der Waals surface area (Å²) in [6.07, 6.45) is 4.12. The minimum absolute atomic E-state index is 0.0601. The third-order valence-corrected chi connectivity index (χ3v) is 3.85. The number of nitrogens with two attached hydrogens (primary N) is 1. The van der Waals surface area contributed by atoms with Crippen molar-refractivity contribution >= 4 is 17.2 Å². The molecule has 1 amide bonds. The third-order valence-electron chi connectivity index (χ3n) is 2.99. The van der Waals surface area contributed by atoms with Crippen LogP contribution in [0.4, 0.5) is 0 Å². The van der Waals surface area contributed by atoms with Gasteiger partial charge in [-0.15, -0.1) is 21.5 Å². The molecule has 7 nitrogen and oxygen atoms in total. The number of aryl methyl sites for hydroxylation is 1. The number of thiophene rings is 1. The van der Waals surface area contributed by atoms with E-state index in [0.717, 1.165) is 37.1 Å². The molecule has 0 aliphatic rings. The van der Waals surface area contributed by atoms with Crippen LogP contribution in [0.1, 0.15) is 25.7 Å². The van der Waals surface area contributed by atoms with E-state index in [4.69, 9.17) is 5.73 Å². The zero-order valence-corrected chi connectivity index (χ0v) is 12.7. The highest BCUT2D eigenvalue weighted by Gasteiger charge is 2.06. The Morgan fingerprint density at radius 1 is 1.33 bits per heavy atom. The lowest BCUT2D eigenvalue weighted by Gasteiger charge is -2.03. The number of amides is 1. The van der Waals surface area contributed by atoms with E-state index >= 15 is 0 Å². The molecule has 0 aliphatic carbocycles. The van der Waals surface area contributed by atoms with E-state index in [1.807, 2.05) is 17.5 Å². The highest BCUT2D eigenvalue weighted by Crippen LogP contribution is 2.19. The van der Waals surface area contributed by atoms with Crippen LogP contribution in [-0.2, 0) is 11.3 Å². The van der Waals surface area contributed by atoms with Crippen molar-refractivity contribution in [1.82, 2.24) is 25.5 Å². The van der Waals surface area contributed by atoms with E-state index in [0.29, 0.717) is 12.4 Å². The first-order chi connectivity index (χ1) is 10.3. The molecule has 0 aliphatic heterocycles. The van der Waals surface area contributed by atoms with Crippen molar-refractivity contribution in [2.24, 2.45) is 5.73 Å². The maximum atomic E-state index is 10.9. The number of tetrazole rings is 1. The molecule has 0 bridgehead atoms. The summed E-state index contributed by atoms with van der Waals surface area (Å²) >= 11 is 1.61. The van der Waals surface area contributed by atoms with Gasteiger partial charge in [0.15, 0.2) is 0 Å². The second kappa shape index (κ2) is 8.48. The first kappa shape index (κ1) is 15.6. The largest absolute Gasteiger partial charge is 0.355 e. The van der Waals surface area contributed by atoms with Gasteiger partial charge in [-0.25, -0.2) is 0 Å². The number of rotatable bonds is 9. The Labute approximate surface area is 127 Å². The zero-order chi connectivity index (χ0) is 14.9. The van der Waals surface area contributed by atoms with Gasteiger partial charge in [0.25, 0.3) is 0 Å². The Morgan fingerprint density at radius 2 is 2.19 bits per heavy atom. The molecule has 2 heterocycles. The van der Waals surface area contributed by atoms with Crippen LogP contribution in [0.15, 0.2) is 17.5 Å². The lowest BCUT2D eigenvalue weighted by molar-refractivity contribution is -0.119. The molecule has 0 radical (unpaired) electrons. The van der Waals surface area contributed by atoms with E-state index in [2.05, 4.69) is 20.7 Å². The van der Waals surface area contributed by atoms with Gasteiger partial charge in [0.05, 0.1) is 18.0 Å². The summed E-state index contributed by atoms with van der Waals surface area (Å²) in [6, 6.07) is 3.96. The average Bonchev–Trinajstić information content (AvgIpc) is 3.16. The van der Waals surface area contributed by atoms with E-state index in [-0.39, 0.29) is 12.5 Å². The van der Waals surface area contributed by atoms with Gasteiger partial charge >= 0.3 is 0 Å². The quantitative estimate of drug-likeness (QED) is 0.674. The van der Waals surface area contributed by atoms with E-state index in [1.54, 1.807) is 16.1 Å². The van der Waals surface area contributed by atoms with Gasteiger partial charge in [-0.1, -0.05) is 18.9 Å². The van der Waals surface area contributed by atoms with Gasteiger partial charge in [0, 0.05) is 6.54 Å². The maximum Gasteiger partial charge on any atom is 0.233 e. The molecule has 0 saturated heterocycles. The SMILES string of the molecule is NCC(=O)NCCCCCCn1nnc(-c2cccs2)n1. The number of nitrogens with zero attached hydrogens (tertiary/aromatic N) is 4. The molecule has 114 valence electrons. The first-order valence-corrected chi connectivity index (χ1v) is 7.96. The molecule has 0 spiro atoms. The fourth-order valence-corrected chi connectivity index (χ4v) is 2.52. The number of aromatic nitrogens is 4. The van der Waals surface area contributed by atoms with Crippen molar-refractivity contribution in [2.75, 3.05) is 13.1 Å². The Hall–Kier alpha value is -1.80. The summed E-state index contributed by atoms with van der Waals surface area (Å²) < 4.78 is 0. The fraction of sp³-hybridized carbons (Fsp3) is 0.538. The van der Waals surface area contributed by atoms with E-state index in [1.165, 1.54) is 0 Å². The molecule has 0 unspecified atom stereocenters. The van der Waals surface area contributed by atoms with Gasteiger partial charge in [0.1, 0.15) is 0 Å². The Morgan fingerprint density at radius 3 is 2.95 bits per heavy atom. The molecule has 3 N–H and O–H groups in total. The number of nitrogens with one attached hydrogen (secondary N) is 1. The summed E-state index contributed by atoms with van der Waals surface area (Å²) in [7, 11) is 0. The highest BCUT2D eigenvalue weighted by atomic mass is 32.1. The van der Waals surface area contributed by atoms with Crippen molar-refractivity contribution in [2.45, 2.75) is 32.2 Å². The zero-order valence-electron chi connectivity index (χ0n) is 11.9. The number of carbonyl (C=O) groups is 1. The molecule has 8 heteroatoms. The van der Waals surface area contributed by atoms with Crippen LogP contribution in [0.5, 0.6) is 0 Å². The molecule has 2 rings (SSSR count). The second-order valence-corrected chi connectivity index (χ2v) is 5.60. The molecular formula is C13H20N6OS. The van der Waals surface area contributed by atoms with Crippen molar-refractivity contribution in [3.63, 3.8) is 0 Å². The maximum absolute atomic E-state index is 10.9. The standard InChI is InChI=1S/C13H20N6OS/c14-10-12(20)15-7-3-1-2-4-8-19-17-13(16-18-19)11-6-5-9-21-11/h5-6,9H,1-4,7-8,10,14H2,(H,15,20). The predicted molar refractivity (Wildman–Crippen MR) is 81.7 cm³/mol. The molecule has 0 saturated carbocycles. The first-order valence-electron chi connectivity index (χ1n) is 7.08. The smallest absolute Gasteiger partial charge is 0.233 e. The van der Waals surface area contributed by atoms with Crippen molar-refractivity contribution in [3.8, 4) is 10.7 Å². The van der Waals surface area contributed by atoms with E-state index < -0.39 is 0 Å². The van der Waals surface area contributed by atoms with Gasteiger partial charge in [-0.2, -0.15) is 4.80 Å². The summed E-state index contributed by atoms with van der Waals surface area (Å²) in [5.74, 6) is 0.595. The molecule has 2 aromatic heterocycles. The third kappa shape index (κ3) is 5.24. The highest BCUT2D eigenvalue weighted by molar-refractivity contribution is 7.13. The minimum Gasteiger partial charge on any atom is -0.355 e. The van der Waals surface area contributed by atoms with Gasteiger partial charge in [-0.3, -0.25) is 4.79 Å². The minimum atomic E-state index is -0.0945. The normalized spacial score (nSPS) is 10.7. The number of unbranched alkanes of at least 4 members (excludes halogenated alkanes) is 3. The summed E-state index contributed by atoms with van der Waals surface area (Å²) in [5.41, 5.74) is 5.20. The van der Waals surface area contributed by atoms with Gasteiger partial charge < -0.3 is 11.1 Å². The van der Waals surface area contributed by atoms with Crippen LogP contribution in [-0.4, -0.2) is 39.2 Å². The van der Waals surface area contributed by atoms with Crippen molar-refractivity contribution < 1.29 is 4.79 Å². The lowest BCUT2D eigenvalue weighted by atomic mass is 10.2. The molecular weight excluding hydrogens is 288 g/mol. The Balaban J connectivity index is 1.58. The summed E-state index contributed by atoms with van der Waals surface area (Å²) in [4.78, 5) is 13.6. The molecule has 2 aromatic rings. The fourth-order valence-electron chi connectivity index (χ4n) is 1.87. The van der Waals surface area contributed by atoms with Gasteiger partial charge in [0.2, 0.25) is 11.7 Å². The number of hydrogen-bond donors (Lipinski definition) is 2. The molecule has 0 atom stereocenters. The Bertz CT molecular complexity index is 539. The van der Waals surface area contributed by atoms with Crippen LogP contribution < -0.4 is 11.1 Å². The predicted octanol–water partition coefficient (Wildman–Crippen LogP) is 1.04. The Kier molecular flexibility index (Phi) is 6.29. The number of carbonyl (C=O) groups excluding carboxylic acids is 1. The molecule has 0 aromatic carbocycles. The lowest BCUT2D eigenvalue weighted by Crippen LogP contribution is -2.30. The topological polar surface area (TPSA) is 98.7 Å². The van der Waals surface area contributed by atoms with Crippen molar-refractivity contribution in [1.29, 1.82) is 0 Å². The second-order valence-electron chi connectivity index (χ2n) is 4.65. The summed E-state index contributed by atoms with van der Waals surface area (Å²) in [6.45, 7) is 1.53. The summed E-state index contributed by atoms with van der Waals surface area (Å²) in [5, 5.41) is 17.2. The number of hydrogen-bond acceptors (Lipinski definition) is 6. The monoisotopic (exact) mass is 308 g/mol. The molecule has 0 fully saturated rings. The van der Waals surface area contributed by atoms with E-state index in [9.17, 15) is 4.79 Å². The van der Waals surface area contributed by atoms with Crippen LogP contribution in [0, 0.1) is 0 Å². The average molecular weight is 308 g/mol. The van der Waals surface area contributed by atoms with Crippen LogP contribution >= 0.6 is 11.3 Å². The van der Waals surface area contributed by atoms with Gasteiger partial charge in [-0.05, 0) is 29.5 Å². The van der Waals surface area contributed by atoms with Crippen LogP contribution in [0.3, 0.4) is 0 Å². The molecule has 21 heavy (non-hydrogen) atoms. The van der Waals surface area contributed by atoms with Crippen molar-refractivity contribution in [3.05, 3.63) is 17.5 Å². The van der Waals surface area contributed by atoms with Crippen LogP contribution in [0.25, 0.3) is 10.7 Å². The van der Waals surface area contributed by atoms with Crippen LogP contribution in [0.2, 0.25) is 0 Å².